The third-order valence-corrected chi connectivity index (χ3v) is 4.78. The van der Waals surface area contributed by atoms with Crippen LogP contribution >= 0.6 is 0 Å². The van der Waals surface area contributed by atoms with Crippen molar-refractivity contribution in [3.63, 3.8) is 0 Å². The third kappa shape index (κ3) is 4.21. The SMILES string of the molecule is CCOC(=O)N1CCN(c2ccc(C(=O)N3CCCCC3)nc2)CC1. The molecule has 0 bridgehead atoms. The summed E-state index contributed by atoms with van der Waals surface area (Å²) in [5.41, 5.74) is 1.49. The Labute approximate surface area is 148 Å². The van der Waals surface area contributed by atoms with Gasteiger partial charge >= 0.3 is 6.09 Å². The van der Waals surface area contributed by atoms with Crippen LogP contribution in [0.5, 0.6) is 0 Å². The van der Waals surface area contributed by atoms with Gasteiger partial charge in [0.05, 0.1) is 18.5 Å². The minimum atomic E-state index is -0.247. The number of rotatable bonds is 3. The number of hydrogen-bond acceptors (Lipinski definition) is 5. The molecular formula is C18H26N4O3. The van der Waals surface area contributed by atoms with Crippen molar-refractivity contribution >= 4 is 17.7 Å². The van der Waals surface area contributed by atoms with E-state index >= 15 is 0 Å². The molecule has 1 aromatic rings. The van der Waals surface area contributed by atoms with E-state index in [0.717, 1.165) is 44.7 Å². The maximum absolute atomic E-state index is 12.5. The molecule has 136 valence electrons. The second kappa shape index (κ2) is 8.18. The fraction of sp³-hybridized carbons (Fsp3) is 0.611. The molecule has 0 N–H and O–H groups in total. The molecule has 1 aromatic heterocycles. The number of piperidine rings is 1. The number of aromatic nitrogens is 1. The third-order valence-electron chi connectivity index (χ3n) is 4.78. The lowest BCUT2D eigenvalue weighted by Crippen LogP contribution is -2.49. The van der Waals surface area contributed by atoms with E-state index < -0.39 is 0 Å². The molecule has 2 amide bonds. The summed E-state index contributed by atoms with van der Waals surface area (Å²) in [5, 5.41) is 0. The Hall–Kier alpha value is -2.31. The number of carbonyl (C=O) groups excluding carboxylic acids is 2. The summed E-state index contributed by atoms with van der Waals surface area (Å²) in [7, 11) is 0. The summed E-state index contributed by atoms with van der Waals surface area (Å²) in [6.45, 7) is 6.61. The van der Waals surface area contributed by atoms with E-state index in [9.17, 15) is 9.59 Å². The molecule has 0 aromatic carbocycles. The van der Waals surface area contributed by atoms with E-state index in [4.69, 9.17) is 4.74 Å². The zero-order valence-corrected chi connectivity index (χ0v) is 14.8. The van der Waals surface area contributed by atoms with Gasteiger partial charge in [0.15, 0.2) is 0 Å². The van der Waals surface area contributed by atoms with Crippen molar-refractivity contribution in [2.75, 3.05) is 50.8 Å². The summed E-state index contributed by atoms with van der Waals surface area (Å²) in [5.74, 6) is 0.0263. The molecule has 0 saturated carbocycles. The average molecular weight is 346 g/mol. The van der Waals surface area contributed by atoms with Crippen LogP contribution in [-0.4, -0.2) is 72.7 Å². The van der Waals surface area contributed by atoms with Crippen LogP contribution in [0.25, 0.3) is 0 Å². The molecule has 0 radical (unpaired) electrons. The monoisotopic (exact) mass is 346 g/mol. The van der Waals surface area contributed by atoms with Crippen LogP contribution in [0.3, 0.4) is 0 Å². The van der Waals surface area contributed by atoms with Crippen LogP contribution in [0, 0.1) is 0 Å². The van der Waals surface area contributed by atoms with Crippen LogP contribution in [0.15, 0.2) is 18.3 Å². The number of amides is 2. The van der Waals surface area contributed by atoms with Gasteiger partial charge in [-0.3, -0.25) is 4.79 Å². The molecule has 2 aliphatic rings. The second-order valence-corrected chi connectivity index (χ2v) is 6.43. The molecule has 2 fully saturated rings. The fourth-order valence-electron chi connectivity index (χ4n) is 3.32. The quantitative estimate of drug-likeness (QED) is 0.837. The number of nitrogens with zero attached hydrogens (tertiary/aromatic N) is 4. The van der Waals surface area contributed by atoms with E-state index in [1.807, 2.05) is 24.0 Å². The van der Waals surface area contributed by atoms with Gasteiger partial charge in [0.1, 0.15) is 5.69 Å². The summed E-state index contributed by atoms with van der Waals surface area (Å²) in [4.78, 5) is 34.4. The zero-order valence-electron chi connectivity index (χ0n) is 14.8. The molecule has 7 heteroatoms. The number of pyridine rings is 1. The first-order valence-corrected chi connectivity index (χ1v) is 9.11. The molecule has 0 spiro atoms. The number of piperazine rings is 1. The summed E-state index contributed by atoms with van der Waals surface area (Å²) >= 11 is 0. The Balaban J connectivity index is 1.56. The van der Waals surface area contributed by atoms with Gasteiger partial charge in [0, 0.05) is 39.3 Å². The predicted octanol–water partition coefficient (Wildman–Crippen LogP) is 1.99. The lowest BCUT2D eigenvalue weighted by atomic mass is 10.1. The Morgan fingerprint density at radius 1 is 1.00 bits per heavy atom. The minimum absolute atomic E-state index is 0.0263. The van der Waals surface area contributed by atoms with E-state index in [0.29, 0.717) is 25.4 Å². The van der Waals surface area contributed by atoms with Crippen molar-refractivity contribution in [3.8, 4) is 0 Å². The number of ether oxygens (including phenoxy) is 1. The minimum Gasteiger partial charge on any atom is -0.450 e. The highest BCUT2D eigenvalue weighted by Crippen LogP contribution is 2.18. The number of carbonyl (C=O) groups is 2. The van der Waals surface area contributed by atoms with Crippen molar-refractivity contribution in [3.05, 3.63) is 24.0 Å². The maximum Gasteiger partial charge on any atom is 0.409 e. The first-order valence-electron chi connectivity index (χ1n) is 9.11. The number of likely N-dealkylation sites (tertiary alicyclic amines) is 1. The fourth-order valence-corrected chi connectivity index (χ4v) is 3.32. The highest BCUT2D eigenvalue weighted by molar-refractivity contribution is 5.92. The van der Waals surface area contributed by atoms with E-state index in [2.05, 4.69) is 9.88 Å². The first kappa shape index (κ1) is 17.5. The first-order chi connectivity index (χ1) is 12.2. The summed E-state index contributed by atoms with van der Waals surface area (Å²) in [6, 6.07) is 3.76. The van der Waals surface area contributed by atoms with Gasteiger partial charge in [-0.1, -0.05) is 0 Å². The van der Waals surface area contributed by atoms with Gasteiger partial charge in [-0.15, -0.1) is 0 Å². The topological polar surface area (TPSA) is 66.0 Å². The normalized spacial score (nSPS) is 18.2. The van der Waals surface area contributed by atoms with Crippen molar-refractivity contribution in [2.45, 2.75) is 26.2 Å². The van der Waals surface area contributed by atoms with Crippen LogP contribution in [0.1, 0.15) is 36.7 Å². The molecule has 7 nitrogen and oxygen atoms in total. The Morgan fingerprint density at radius 3 is 2.32 bits per heavy atom. The smallest absolute Gasteiger partial charge is 0.409 e. The van der Waals surface area contributed by atoms with Crippen LogP contribution < -0.4 is 4.90 Å². The van der Waals surface area contributed by atoms with Crippen LogP contribution in [-0.2, 0) is 4.74 Å². The summed E-state index contributed by atoms with van der Waals surface area (Å²) in [6.07, 6.45) is 4.87. The molecular weight excluding hydrogens is 320 g/mol. The Morgan fingerprint density at radius 2 is 1.72 bits per heavy atom. The standard InChI is InChI=1S/C18H26N4O3/c1-2-25-18(24)22-12-10-20(11-13-22)15-6-7-16(19-14-15)17(23)21-8-4-3-5-9-21/h6-7,14H,2-5,8-13H2,1H3. The van der Waals surface area contributed by atoms with E-state index in [-0.39, 0.29) is 12.0 Å². The average Bonchev–Trinajstić information content (AvgIpc) is 2.68. The summed E-state index contributed by atoms with van der Waals surface area (Å²) < 4.78 is 5.04. The highest BCUT2D eigenvalue weighted by Gasteiger charge is 2.23. The van der Waals surface area contributed by atoms with Gasteiger partial charge in [0.2, 0.25) is 0 Å². The molecule has 25 heavy (non-hydrogen) atoms. The number of hydrogen-bond donors (Lipinski definition) is 0. The second-order valence-electron chi connectivity index (χ2n) is 6.43. The van der Waals surface area contributed by atoms with Crippen molar-refractivity contribution in [1.29, 1.82) is 0 Å². The highest BCUT2D eigenvalue weighted by atomic mass is 16.6. The molecule has 3 rings (SSSR count). The zero-order chi connectivity index (χ0) is 17.6. The molecule has 0 unspecified atom stereocenters. The van der Waals surface area contributed by atoms with Gasteiger partial charge < -0.3 is 19.4 Å². The Kier molecular flexibility index (Phi) is 5.73. The van der Waals surface area contributed by atoms with Gasteiger partial charge in [-0.05, 0) is 38.3 Å². The van der Waals surface area contributed by atoms with Crippen molar-refractivity contribution in [1.82, 2.24) is 14.8 Å². The largest absolute Gasteiger partial charge is 0.450 e. The Bertz CT molecular complexity index is 591. The number of anilines is 1. The molecule has 2 aliphatic heterocycles. The molecule has 0 aliphatic carbocycles. The molecule has 2 saturated heterocycles. The van der Waals surface area contributed by atoms with Gasteiger partial charge in [-0.25, -0.2) is 9.78 Å². The predicted molar refractivity (Wildman–Crippen MR) is 94.8 cm³/mol. The lowest BCUT2D eigenvalue weighted by molar-refractivity contribution is 0.0718. The maximum atomic E-state index is 12.5. The van der Waals surface area contributed by atoms with Crippen molar-refractivity contribution < 1.29 is 14.3 Å². The van der Waals surface area contributed by atoms with Gasteiger partial charge in [-0.2, -0.15) is 0 Å². The molecule has 0 atom stereocenters. The van der Waals surface area contributed by atoms with Crippen LogP contribution in [0.4, 0.5) is 10.5 Å². The van der Waals surface area contributed by atoms with Gasteiger partial charge in [0.25, 0.3) is 5.91 Å². The molecule has 3 heterocycles. The van der Waals surface area contributed by atoms with Crippen molar-refractivity contribution in [2.24, 2.45) is 0 Å². The van der Waals surface area contributed by atoms with Crippen LogP contribution in [0.2, 0.25) is 0 Å². The lowest BCUT2D eigenvalue weighted by Gasteiger charge is -2.35. The van der Waals surface area contributed by atoms with E-state index in [1.165, 1.54) is 6.42 Å². The van der Waals surface area contributed by atoms with E-state index in [1.54, 1.807) is 11.1 Å².